The van der Waals surface area contributed by atoms with E-state index in [1.165, 1.54) is 0 Å². The van der Waals surface area contributed by atoms with Gasteiger partial charge in [0.2, 0.25) is 0 Å². The summed E-state index contributed by atoms with van der Waals surface area (Å²) in [6, 6.07) is 16.4. The Hall–Kier alpha value is -3.28. The lowest BCUT2D eigenvalue weighted by Crippen LogP contribution is -2.26. The topological polar surface area (TPSA) is 64.8 Å². The first-order valence-corrected chi connectivity index (χ1v) is 8.11. The monoisotopic (exact) mass is 352 g/mol. The number of ether oxygens (including phenoxy) is 2. The summed E-state index contributed by atoms with van der Waals surface area (Å²) in [5.74, 6) is 1.82. The second-order valence-electron chi connectivity index (χ2n) is 5.78. The zero-order valence-electron chi connectivity index (χ0n) is 14.9. The van der Waals surface area contributed by atoms with E-state index in [4.69, 9.17) is 14.0 Å². The van der Waals surface area contributed by atoms with E-state index in [1.807, 2.05) is 30.3 Å². The molecule has 0 aliphatic carbocycles. The fraction of sp³-hybridized carbons (Fsp3) is 0.200. The molecular weight excluding hydrogens is 332 g/mol. The van der Waals surface area contributed by atoms with Crippen molar-refractivity contribution in [1.29, 1.82) is 0 Å². The molecule has 0 aliphatic heterocycles. The lowest BCUT2D eigenvalue weighted by atomic mass is 10.1. The summed E-state index contributed by atoms with van der Waals surface area (Å²) in [5.41, 5.74) is 2.02. The van der Waals surface area contributed by atoms with E-state index >= 15 is 0 Å². The van der Waals surface area contributed by atoms with Gasteiger partial charge >= 0.3 is 0 Å². The van der Waals surface area contributed by atoms with Crippen molar-refractivity contribution < 1.29 is 18.8 Å². The Labute approximate surface area is 151 Å². The van der Waals surface area contributed by atoms with Crippen LogP contribution in [0.15, 0.2) is 59.1 Å². The highest BCUT2D eigenvalue weighted by Gasteiger charge is 2.17. The highest BCUT2D eigenvalue weighted by molar-refractivity contribution is 5.93. The Morgan fingerprint density at radius 3 is 2.54 bits per heavy atom. The van der Waals surface area contributed by atoms with E-state index in [2.05, 4.69) is 5.16 Å². The molecule has 1 aromatic heterocycles. The Balaban J connectivity index is 1.79. The normalized spacial score (nSPS) is 10.4. The van der Waals surface area contributed by atoms with Crippen molar-refractivity contribution in [1.82, 2.24) is 10.1 Å². The van der Waals surface area contributed by atoms with E-state index in [-0.39, 0.29) is 5.91 Å². The second-order valence-corrected chi connectivity index (χ2v) is 5.78. The minimum absolute atomic E-state index is 0.0749. The molecule has 6 nitrogen and oxygen atoms in total. The average molecular weight is 352 g/mol. The standard InChI is InChI=1S/C20H20N2O4/c1-22(20(23)14-7-5-4-6-8-14)13-15-11-19(26-21-15)17-12-16(24-2)9-10-18(17)25-3/h4-12H,13H2,1-3H3. The third-order valence-corrected chi connectivity index (χ3v) is 4.00. The highest BCUT2D eigenvalue weighted by Crippen LogP contribution is 2.33. The van der Waals surface area contributed by atoms with Gasteiger partial charge in [0.1, 0.15) is 17.2 Å². The van der Waals surface area contributed by atoms with Gasteiger partial charge in [0, 0.05) is 18.7 Å². The van der Waals surface area contributed by atoms with E-state index in [0.717, 1.165) is 5.56 Å². The first-order valence-electron chi connectivity index (χ1n) is 8.11. The number of amides is 1. The molecule has 0 aliphatic rings. The molecule has 1 amide bonds. The largest absolute Gasteiger partial charge is 0.497 e. The van der Waals surface area contributed by atoms with Gasteiger partial charge in [-0.05, 0) is 30.3 Å². The van der Waals surface area contributed by atoms with E-state index in [9.17, 15) is 4.79 Å². The van der Waals surface area contributed by atoms with Crippen molar-refractivity contribution in [2.24, 2.45) is 0 Å². The van der Waals surface area contributed by atoms with Gasteiger partial charge in [0.15, 0.2) is 5.76 Å². The van der Waals surface area contributed by atoms with Crippen molar-refractivity contribution in [3.05, 3.63) is 65.9 Å². The molecule has 0 radical (unpaired) electrons. The van der Waals surface area contributed by atoms with Crippen molar-refractivity contribution in [3.8, 4) is 22.8 Å². The maximum atomic E-state index is 12.4. The molecule has 26 heavy (non-hydrogen) atoms. The third-order valence-electron chi connectivity index (χ3n) is 4.00. The molecule has 2 aromatic carbocycles. The second kappa shape index (κ2) is 7.74. The number of aromatic nitrogens is 1. The maximum absolute atomic E-state index is 12.4. The lowest BCUT2D eigenvalue weighted by molar-refractivity contribution is 0.0782. The molecule has 134 valence electrons. The molecule has 1 heterocycles. The molecule has 3 rings (SSSR count). The molecule has 3 aromatic rings. The molecule has 0 unspecified atom stereocenters. The summed E-state index contributed by atoms with van der Waals surface area (Å²) in [6.45, 7) is 0.337. The van der Waals surface area contributed by atoms with E-state index in [1.54, 1.807) is 50.4 Å². The van der Waals surface area contributed by atoms with Crippen LogP contribution >= 0.6 is 0 Å². The summed E-state index contributed by atoms with van der Waals surface area (Å²) < 4.78 is 16.1. The molecule has 6 heteroatoms. The van der Waals surface area contributed by atoms with Gasteiger partial charge < -0.3 is 18.9 Å². The number of carbonyl (C=O) groups is 1. The smallest absolute Gasteiger partial charge is 0.253 e. The minimum Gasteiger partial charge on any atom is -0.497 e. The van der Waals surface area contributed by atoms with Crippen LogP contribution in [0.3, 0.4) is 0 Å². The Bertz CT molecular complexity index is 890. The molecule has 0 saturated heterocycles. The van der Waals surface area contributed by atoms with Crippen LogP contribution < -0.4 is 9.47 Å². The van der Waals surface area contributed by atoms with Gasteiger partial charge in [-0.25, -0.2) is 0 Å². The average Bonchev–Trinajstić information content (AvgIpc) is 3.15. The number of hydrogen-bond acceptors (Lipinski definition) is 5. The molecule has 0 N–H and O–H groups in total. The predicted octanol–water partition coefficient (Wildman–Crippen LogP) is 3.63. The van der Waals surface area contributed by atoms with Gasteiger partial charge in [0.05, 0.1) is 26.3 Å². The summed E-state index contributed by atoms with van der Waals surface area (Å²) in [5, 5.41) is 4.07. The van der Waals surface area contributed by atoms with Crippen molar-refractivity contribution in [2.75, 3.05) is 21.3 Å². The van der Waals surface area contributed by atoms with E-state index < -0.39 is 0 Å². The van der Waals surface area contributed by atoms with Crippen LogP contribution in [0.5, 0.6) is 11.5 Å². The predicted molar refractivity (Wildman–Crippen MR) is 97.3 cm³/mol. The quantitative estimate of drug-likeness (QED) is 0.678. The zero-order chi connectivity index (χ0) is 18.5. The Morgan fingerprint density at radius 2 is 1.85 bits per heavy atom. The molecule has 0 fully saturated rings. The first kappa shape index (κ1) is 17.5. The number of nitrogens with zero attached hydrogens (tertiary/aromatic N) is 2. The van der Waals surface area contributed by atoms with Gasteiger partial charge in [-0.1, -0.05) is 23.4 Å². The maximum Gasteiger partial charge on any atom is 0.253 e. The third kappa shape index (κ3) is 3.69. The van der Waals surface area contributed by atoms with Gasteiger partial charge in [-0.3, -0.25) is 4.79 Å². The van der Waals surface area contributed by atoms with Crippen LogP contribution in [-0.4, -0.2) is 37.2 Å². The van der Waals surface area contributed by atoms with Crippen LogP contribution in [-0.2, 0) is 6.54 Å². The van der Waals surface area contributed by atoms with Gasteiger partial charge in [-0.2, -0.15) is 0 Å². The summed E-state index contributed by atoms with van der Waals surface area (Å²) in [4.78, 5) is 14.0. The summed E-state index contributed by atoms with van der Waals surface area (Å²) >= 11 is 0. The molecule has 0 atom stereocenters. The van der Waals surface area contributed by atoms with Crippen LogP contribution in [0.4, 0.5) is 0 Å². The van der Waals surface area contributed by atoms with Crippen molar-refractivity contribution >= 4 is 5.91 Å². The minimum atomic E-state index is -0.0749. The summed E-state index contributed by atoms with van der Waals surface area (Å²) in [7, 11) is 4.92. The summed E-state index contributed by atoms with van der Waals surface area (Å²) in [6.07, 6.45) is 0. The van der Waals surface area contributed by atoms with Crippen LogP contribution in [0.25, 0.3) is 11.3 Å². The van der Waals surface area contributed by atoms with Crippen LogP contribution in [0, 0.1) is 0 Å². The number of carbonyl (C=O) groups excluding carboxylic acids is 1. The van der Waals surface area contributed by atoms with Gasteiger partial charge in [0.25, 0.3) is 5.91 Å². The zero-order valence-corrected chi connectivity index (χ0v) is 14.9. The molecule has 0 bridgehead atoms. The molecule has 0 saturated carbocycles. The van der Waals surface area contributed by atoms with Crippen molar-refractivity contribution in [3.63, 3.8) is 0 Å². The fourth-order valence-electron chi connectivity index (χ4n) is 2.64. The SMILES string of the molecule is COc1ccc(OC)c(-c2cc(CN(C)C(=O)c3ccccc3)no2)c1. The van der Waals surface area contributed by atoms with E-state index in [0.29, 0.717) is 35.1 Å². The molecular formula is C20H20N2O4. The molecule has 0 spiro atoms. The Kier molecular flexibility index (Phi) is 5.22. The number of methoxy groups -OCH3 is 2. The van der Waals surface area contributed by atoms with Crippen molar-refractivity contribution in [2.45, 2.75) is 6.54 Å². The Morgan fingerprint density at radius 1 is 1.08 bits per heavy atom. The fourth-order valence-corrected chi connectivity index (χ4v) is 2.64. The lowest BCUT2D eigenvalue weighted by Gasteiger charge is -2.15. The number of rotatable bonds is 6. The number of hydrogen-bond donors (Lipinski definition) is 0. The van der Waals surface area contributed by atoms with Crippen LogP contribution in [0.2, 0.25) is 0 Å². The van der Waals surface area contributed by atoms with Crippen LogP contribution in [0.1, 0.15) is 16.1 Å². The highest BCUT2D eigenvalue weighted by atomic mass is 16.5. The van der Waals surface area contributed by atoms with Gasteiger partial charge in [-0.15, -0.1) is 0 Å². The first-order chi connectivity index (χ1) is 12.6. The number of benzene rings is 2.